The predicted molar refractivity (Wildman–Crippen MR) is 97.6 cm³/mol. The molecular weight excluding hydrogens is 330 g/mol. The molecule has 2 fully saturated rings. The summed E-state index contributed by atoms with van der Waals surface area (Å²) >= 11 is 0. The van der Waals surface area contributed by atoms with Gasteiger partial charge in [-0.3, -0.25) is 4.79 Å². The van der Waals surface area contributed by atoms with Crippen molar-refractivity contribution in [3.05, 3.63) is 48.2 Å². The third kappa shape index (κ3) is 2.13. The van der Waals surface area contributed by atoms with E-state index >= 15 is 0 Å². The molecule has 0 radical (unpaired) electrons. The van der Waals surface area contributed by atoms with E-state index in [0.29, 0.717) is 28.7 Å². The van der Waals surface area contributed by atoms with Gasteiger partial charge in [-0.15, -0.1) is 0 Å². The zero-order chi connectivity index (χ0) is 17.8. The number of anilines is 3. The van der Waals surface area contributed by atoms with Crippen LogP contribution in [0.4, 0.5) is 22.0 Å². The van der Waals surface area contributed by atoms with Crippen molar-refractivity contribution in [2.45, 2.75) is 6.04 Å². The average Bonchev–Trinajstić information content (AvgIpc) is 2.85. The summed E-state index contributed by atoms with van der Waals surface area (Å²) in [6.45, 7) is 2.66. The Morgan fingerprint density at radius 1 is 1.15 bits per heavy atom. The molecule has 3 aliphatic heterocycles. The lowest BCUT2D eigenvalue weighted by molar-refractivity contribution is 0.0889. The van der Waals surface area contributed by atoms with E-state index in [1.807, 2.05) is 11.0 Å². The van der Waals surface area contributed by atoms with Gasteiger partial charge in [-0.2, -0.15) is 0 Å². The summed E-state index contributed by atoms with van der Waals surface area (Å²) in [4.78, 5) is 36.2. The van der Waals surface area contributed by atoms with Crippen LogP contribution in [0.5, 0.6) is 0 Å². The highest BCUT2D eigenvalue weighted by Gasteiger charge is 2.49. The first-order valence-corrected chi connectivity index (χ1v) is 8.78. The number of urea groups is 1. The Bertz CT molecular complexity index is 914. The van der Waals surface area contributed by atoms with Crippen molar-refractivity contribution < 1.29 is 9.59 Å². The van der Waals surface area contributed by atoms with E-state index in [9.17, 15) is 9.59 Å². The highest BCUT2D eigenvalue weighted by Crippen LogP contribution is 2.40. The molecule has 5 rings (SSSR count). The molecule has 0 spiro atoms. The summed E-state index contributed by atoms with van der Waals surface area (Å²) in [5.41, 5.74) is 1.59. The van der Waals surface area contributed by atoms with Crippen LogP contribution < -0.4 is 10.2 Å². The molecule has 0 bridgehead atoms. The minimum atomic E-state index is -0.229. The Hall–Kier alpha value is -2.93. The Morgan fingerprint density at radius 2 is 2.00 bits per heavy atom. The lowest BCUT2D eigenvalue weighted by Gasteiger charge is -2.45. The van der Waals surface area contributed by atoms with Crippen molar-refractivity contribution in [2.75, 3.05) is 36.9 Å². The third-order valence-corrected chi connectivity index (χ3v) is 5.49. The number of hydrogen-bond acceptors (Lipinski definition) is 4. The third-order valence-electron chi connectivity index (χ3n) is 5.49. The van der Waals surface area contributed by atoms with Crippen molar-refractivity contribution >= 4 is 29.1 Å². The van der Waals surface area contributed by atoms with Crippen LogP contribution in [0.2, 0.25) is 0 Å². The molecule has 0 saturated carbocycles. The number of aromatic nitrogens is 1. The maximum Gasteiger partial charge on any atom is 0.330 e. The number of fused-ring (bicyclic) bond motifs is 3. The van der Waals surface area contributed by atoms with Gasteiger partial charge in [0.2, 0.25) is 0 Å². The topological polar surface area (TPSA) is 68.8 Å². The summed E-state index contributed by atoms with van der Waals surface area (Å²) in [6.07, 6.45) is 1.64. The van der Waals surface area contributed by atoms with Crippen LogP contribution in [0.1, 0.15) is 10.4 Å². The first-order chi connectivity index (χ1) is 12.6. The van der Waals surface area contributed by atoms with Crippen molar-refractivity contribution in [1.82, 2.24) is 14.8 Å². The number of likely N-dealkylation sites (N-methyl/N-ethyl adjacent to an activating group) is 1. The van der Waals surface area contributed by atoms with Crippen molar-refractivity contribution in [1.29, 1.82) is 0 Å². The quantitative estimate of drug-likeness (QED) is 0.791. The molecule has 1 aromatic carbocycles. The molecule has 1 N–H and O–H groups in total. The van der Waals surface area contributed by atoms with E-state index in [1.54, 1.807) is 41.4 Å². The second kappa shape index (κ2) is 5.54. The monoisotopic (exact) mass is 349 g/mol. The van der Waals surface area contributed by atoms with Crippen LogP contribution in [0, 0.1) is 5.92 Å². The number of benzene rings is 1. The van der Waals surface area contributed by atoms with Crippen LogP contribution in [0.15, 0.2) is 42.6 Å². The fourth-order valence-corrected chi connectivity index (χ4v) is 4.23. The number of nitrogens with zero attached hydrogens (tertiary/aromatic N) is 4. The molecule has 0 aliphatic carbocycles. The Kier molecular flexibility index (Phi) is 3.27. The maximum absolute atomic E-state index is 13.5. The number of likely N-dealkylation sites (tertiary alicyclic amines) is 2. The van der Waals surface area contributed by atoms with E-state index in [2.05, 4.69) is 22.2 Å². The van der Waals surface area contributed by atoms with Gasteiger partial charge in [-0.25, -0.2) is 14.7 Å². The van der Waals surface area contributed by atoms with Gasteiger partial charge in [0.05, 0.1) is 23.0 Å². The Labute approximate surface area is 151 Å². The fourth-order valence-electron chi connectivity index (χ4n) is 4.23. The fraction of sp³-hybridized carbons (Fsp3) is 0.316. The van der Waals surface area contributed by atoms with E-state index in [-0.39, 0.29) is 18.0 Å². The highest BCUT2D eigenvalue weighted by molar-refractivity contribution is 6.16. The van der Waals surface area contributed by atoms with Crippen LogP contribution >= 0.6 is 0 Å². The molecule has 26 heavy (non-hydrogen) atoms. The molecule has 2 saturated heterocycles. The van der Waals surface area contributed by atoms with Crippen LogP contribution in [-0.2, 0) is 0 Å². The van der Waals surface area contributed by atoms with E-state index in [1.165, 1.54) is 0 Å². The number of hydrogen-bond donors (Lipinski definition) is 1. The van der Waals surface area contributed by atoms with Gasteiger partial charge in [0.15, 0.2) is 5.82 Å². The number of nitrogens with one attached hydrogen (secondary N) is 1. The number of carbonyl (C=O) groups is 2. The van der Waals surface area contributed by atoms with Gasteiger partial charge in [0, 0.05) is 31.7 Å². The van der Waals surface area contributed by atoms with Gasteiger partial charge >= 0.3 is 6.03 Å². The van der Waals surface area contributed by atoms with Gasteiger partial charge in [-0.05, 0) is 31.3 Å². The van der Waals surface area contributed by atoms with Gasteiger partial charge in [0.1, 0.15) is 0 Å². The lowest BCUT2D eigenvalue weighted by Crippen LogP contribution is -2.61. The average molecular weight is 349 g/mol. The maximum atomic E-state index is 13.5. The molecule has 3 aliphatic rings. The highest BCUT2D eigenvalue weighted by atomic mass is 16.2. The number of rotatable bonds is 0. The Morgan fingerprint density at radius 3 is 2.85 bits per heavy atom. The largest absolute Gasteiger partial charge is 0.330 e. The van der Waals surface area contributed by atoms with E-state index in [0.717, 1.165) is 19.6 Å². The molecule has 7 heteroatoms. The summed E-state index contributed by atoms with van der Waals surface area (Å²) in [6, 6.07) is 10.8. The molecule has 2 atom stereocenters. The zero-order valence-corrected chi connectivity index (χ0v) is 14.4. The predicted octanol–water partition coefficient (Wildman–Crippen LogP) is 2.15. The molecule has 1 aromatic heterocycles. The minimum Gasteiger partial charge on any atom is -0.319 e. The molecule has 4 heterocycles. The first-order valence-electron chi connectivity index (χ1n) is 8.78. The molecule has 7 nitrogen and oxygen atoms in total. The van der Waals surface area contributed by atoms with Crippen LogP contribution in [0.25, 0.3) is 0 Å². The first kappa shape index (κ1) is 15.3. The summed E-state index contributed by atoms with van der Waals surface area (Å²) in [5.74, 6) is 0.770. The zero-order valence-electron chi connectivity index (χ0n) is 14.4. The molecule has 2 unspecified atom stereocenters. The summed E-state index contributed by atoms with van der Waals surface area (Å²) in [7, 11) is 2.08. The second-order valence-corrected chi connectivity index (χ2v) is 7.16. The van der Waals surface area contributed by atoms with Crippen LogP contribution in [-0.4, -0.2) is 59.4 Å². The van der Waals surface area contributed by atoms with Crippen molar-refractivity contribution in [2.24, 2.45) is 5.92 Å². The van der Waals surface area contributed by atoms with E-state index in [4.69, 9.17) is 0 Å². The molecule has 2 aromatic rings. The normalized spacial score (nSPS) is 24.1. The van der Waals surface area contributed by atoms with E-state index < -0.39 is 0 Å². The summed E-state index contributed by atoms with van der Waals surface area (Å²) < 4.78 is 0. The standard InChI is InChI=1S/C19H19N5O2/c1-22-9-12-10-23(16(12)11-22)19(26)24-15-7-3-2-5-13(15)18(25)21-14-6-4-8-20-17(14)24/h2-8,12,16H,9-11H2,1H3,(H,21,25). The smallest absolute Gasteiger partial charge is 0.319 e. The number of para-hydroxylation sites is 1. The summed E-state index contributed by atoms with van der Waals surface area (Å²) in [5, 5.41) is 2.87. The lowest BCUT2D eigenvalue weighted by atomic mass is 9.92. The second-order valence-electron chi connectivity index (χ2n) is 7.16. The van der Waals surface area contributed by atoms with Gasteiger partial charge in [0.25, 0.3) is 5.91 Å². The number of amides is 3. The minimum absolute atomic E-state index is 0.120. The van der Waals surface area contributed by atoms with Crippen molar-refractivity contribution in [3.8, 4) is 0 Å². The van der Waals surface area contributed by atoms with Crippen LogP contribution in [0.3, 0.4) is 0 Å². The molecular formula is C19H19N5O2. The molecule has 3 amide bonds. The van der Waals surface area contributed by atoms with Gasteiger partial charge in [-0.1, -0.05) is 12.1 Å². The SMILES string of the molecule is CN1CC2CN(C(=O)N3c4ccccc4C(=O)Nc4cccnc43)C2C1. The van der Waals surface area contributed by atoms with Crippen molar-refractivity contribution in [3.63, 3.8) is 0 Å². The Balaban J connectivity index is 1.60. The molecule has 132 valence electrons. The number of carbonyl (C=O) groups excluding carboxylic acids is 2. The van der Waals surface area contributed by atoms with Gasteiger partial charge < -0.3 is 15.1 Å². The number of pyridine rings is 1.